The molecule has 1 saturated carbocycles. The largest absolute Gasteiger partial charge is 0.376 e. The molecule has 0 saturated heterocycles. The summed E-state index contributed by atoms with van der Waals surface area (Å²) < 4.78 is 5.67. The molecule has 1 aliphatic carbocycles. The highest BCUT2D eigenvalue weighted by Crippen LogP contribution is 2.18. The van der Waals surface area contributed by atoms with Gasteiger partial charge in [0.25, 0.3) is 0 Å². The van der Waals surface area contributed by atoms with E-state index in [0.717, 1.165) is 32.1 Å². The number of carbonyl (C=O) groups is 1. The Bertz CT molecular complexity index is 152. The van der Waals surface area contributed by atoms with Gasteiger partial charge in [0.15, 0.2) is 0 Å². The highest BCUT2D eigenvalue weighted by Gasteiger charge is 2.17. The number of Topliss-reactive ketones (excluding diaryl/α,β-unsaturated/α-hetero) is 1. The second-order valence-electron chi connectivity index (χ2n) is 3.78. The monoisotopic (exact) mass is 170 g/mol. The highest BCUT2D eigenvalue weighted by molar-refractivity contribution is 5.78. The Balaban J connectivity index is 2.30. The maximum Gasteiger partial charge on any atom is 0.133 e. The molecule has 0 amide bonds. The van der Waals surface area contributed by atoms with Gasteiger partial charge in [-0.3, -0.25) is 4.79 Å². The van der Waals surface area contributed by atoms with Crippen LogP contribution in [0.4, 0.5) is 0 Å². The predicted octanol–water partition coefficient (Wildman–Crippen LogP) is 2.31. The van der Waals surface area contributed by atoms with Crippen LogP contribution in [-0.2, 0) is 9.53 Å². The van der Waals surface area contributed by atoms with Gasteiger partial charge in [0.2, 0.25) is 0 Å². The van der Waals surface area contributed by atoms with E-state index >= 15 is 0 Å². The summed E-state index contributed by atoms with van der Waals surface area (Å²) in [6.45, 7) is 4.10. The van der Waals surface area contributed by atoms with Crippen LogP contribution in [0.15, 0.2) is 0 Å². The van der Waals surface area contributed by atoms with Gasteiger partial charge in [0.05, 0.1) is 12.2 Å². The summed E-state index contributed by atoms with van der Waals surface area (Å²) in [5, 5.41) is 0. The van der Waals surface area contributed by atoms with Crippen LogP contribution in [0.5, 0.6) is 0 Å². The summed E-state index contributed by atoms with van der Waals surface area (Å²) in [4.78, 5) is 11.1. The standard InChI is InChI=1S/C10H18O2/c1-8(2)12-10-5-3-4-9(11)6-7-10/h8,10H,3-7H2,1-2H3. The van der Waals surface area contributed by atoms with Crippen LogP contribution in [0.2, 0.25) is 0 Å². The first-order valence-corrected chi connectivity index (χ1v) is 4.85. The third kappa shape index (κ3) is 3.35. The molecule has 2 nitrogen and oxygen atoms in total. The van der Waals surface area contributed by atoms with Crippen molar-refractivity contribution in [2.45, 2.75) is 58.2 Å². The van der Waals surface area contributed by atoms with Gasteiger partial charge >= 0.3 is 0 Å². The summed E-state index contributed by atoms with van der Waals surface area (Å²) in [6, 6.07) is 0. The van der Waals surface area contributed by atoms with Crippen molar-refractivity contribution >= 4 is 5.78 Å². The van der Waals surface area contributed by atoms with Crippen LogP contribution in [-0.4, -0.2) is 18.0 Å². The third-order valence-electron chi connectivity index (χ3n) is 2.19. The molecule has 2 heteroatoms. The number of ketones is 1. The van der Waals surface area contributed by atoms with Crippen molar-refractivity contribution in [1.29, 1.82) is 0 Å². The van der Waals surface area contributed by atoms with Gasteiger partial charge in [-0.05, 0) is 33.1 Å². The third-order valence-corrected chi connectivity index (χ3v) is 2.19. The summed E-state index contributed by atoms with van der Waals surface area (Å²) in [5.41, 5.74) is 0. The minimum absolute atomic E-state index is 0.295. The van der Waals surface area contributed by atoms with Crippen molar-refractivity contribution < 1.29 is 9.53 Å². The fraction of sp³-hybridized carbons (Fsp3) is 0.900. The Hall–Kier alpha value is -0.370. The smallest absolute Gasteiger partial charge is 0.133 e. The summed E-state index contributed by atoms with van der Waals surface area (Å²) in [6.07, 6.45) is 5.10. The molecule has 1 unspecified atom stereocenters. The molecule has 1 fully saturated rings. The second kappa shape index (κ2) is 4.61. The lowest BCUT2D eigenvalue weighted by molar-refractivity contribution is -0.119. The lowest BCUT2D eigenvalue weighted by Crippen LogP contribution is -2.16. The molecular weight excluding hydrogens is 152 g/mol. The highest BCUT2D eigenvalue weighted by atomic mass is 16.5. The molecule has 1 rings (SSSR count). The Morgan fingerprint density at radius 3 is 2.75 bits per heavy atom. The molecule has 70 valence electrons. The molecule has 0 N–H and O–H groups in total. The van der Waals surface area contributed by atoms with E-state index in [1.54, 1.807) is 0 Å². The van der Waals surface area contributed by atoms with E-state index in [0.29, 0.717) is 18.0 Å². The van der Waals surface area contributed by atoms with Crippen LogP contribution >= 0.6 is 0 Å². The molecule has 0 aliphatic heterocycles. The molecule has 0 aromatic rings. The topological polar surface area (TPSA) is 26.3 Å². The zero-order chi connectivity index (χ0) is 8.97. The van der Waals surface area contributed by atoms with Crippen molar-refractivity contribution in [2.75, 3.05) is 0 Å². The summed E-state index contributed by atoms with van der Waals surface area (Å²) >= 11 is 0. The lowest BCUT2D eigenvalue weighted by Gasteiger charge is -2.17. The van der Waals surface area contributed by atoms with E-state index < -0.39 is 0 Å². The first-order chi connectivity index (χ1) is 5.68. The molecule has 0 aromatic carbocycles. The maximum absolute atomic E-state index is 11.1. The molecule has 0 heterocycles. The van der Waals surface area contributed by atoms with Gasteiger partial charge in [-0.1, -0.05) is 0 Å². The number of rotatable bonds is 2. The first kappa shape index (κ1) is 9.72. The number of hydrogen-bond acceptors (Lipinski definition) is 2. The normalized spacial score (nSPS) is 25.9. The molecule has 1 atom stereocenters. The maximum atomic E-state index is 11.1. The van der Waals surface area contributed by atoms with Gasteiger partial charge in [0, 0.05) is 12.8 Å². The van der Waals surface area contributed by atoms with Crippen LogP contribution in [0, 0.1) is 0 Å². The average Bonchev–Trinajstić information content (AvgIpc) is 2.15. The van der Waals surface area contributed by atoms with E-state index in [4.69, 9.17) is 4.74 Å². The van der Waals surface area contributed by atoms with E-state index in [-0.39, 0.29) is 0 Å². The fourth-order valence-electron chi connectivity index (χ4n) is 1.64. The molecule has 0 bridgehead atoms. The Kier molecular flexibility index (Phi) is 3.73. The van der Waals surface area contributed by atoms with E-state index in [2.05, 4.69) is 0 Å². The minimum atomic E-state index is 0.295. The SMILES string of the molecule is CC(C)OC1CCCC(=O)CC1. The first-order valence-electron chi connectivity index (χ1n) is 4.85. The number of carbonyl (C=O) groups excluding carboxylic acids is 1. The number of hydrogen-bond donors (Lipinski definition) is 0. The van der Waals surface area contributed by atoms with Crippen molar-refractivity contribution in [3.05, 3.63) is 0 Å². The van der Waals surface area contributed by atoms with Gasteiger partial charge < -0.3 is 4.74 Å². The van der Waals surface area contributed by atoms with Crippen LogP contribution in [0.25, 0.3) is 0 Å². The van der Waals surface area contributed by atoms with Crippen LogP contribution in [0.1, 0.15) is 46.0 Å². The molecule has 12 heavy (non-hydrogen) atoms. The van der Waals surface area contributed by atoms with Gasteiger partial charge in [-0.25, -0.2) is 0 Å². The Morgan fingerprint density at radius 1 is 1.33 bits per heavy atom. The Labute approximate surface area is 74.3 Å². The summed E-state index contributed by atoms with van der Waals surface area (Å²) in [7, 11) is 0. The van der Waals surface area contributed by atoms with E-state index in [9.17, 15) is 4.79 Å². The van der Waals surface area contributed by atoms with Gasteiger partial charge in [-0.2, -0.15) is 0 Å². The zero-order valence-corrected chi connectivity index (χ0v) is 8.01. The van der Waals surface area contributed by atoms with Crippen molar-refractivity contribution in [2.24, 2.45) is 0 Å². The zero-order valence-electron chi connectivity index (χ0n) is 8.01. The van der Waals surface area contributed by atoms with Gasteiger partial charge in [0.1, 0.15) is 5.78 Å². The van der Waals surface area contributed by atoms with Crippen LogP contribution < -0.4 is 0 Å². The second-order valence-corrected chi connectivity index (χ2v) is 3.78. The van der Waals surface area contributed by atoms with E-state index in [1.165, 1.54) is 0 Å². The van der Waals surface area contributed by atoms with Crippen molar-refractivity contribution in [3.8, 4) is 0 Å². The van der Waals surface area contributed by atoms with E-state index in [1.807, 2.05) is 13.8 Å². The minimum Gasteiger partial charge on any atom is -0.376 e. The average molecular weight is 170 g/mol. The quantitative estimate of drug-likeness (QED) is 0.594. The Morgan fingerprint density at radius 2 is 2.08 bits per heavy atom. The summed E-state index contributed by atoms with van der Waals surface area (Å²) in [5.74, 6) is 0.407. The van der Waals surface area contributed by atoms with Gasteiger partial charge in [-0.15, -0.1) is 0 Å². The number of ether oxygens (including phenoxy) is 1. The molecule has 0 spiro atoms. The van der Waals surface area contributed by atoms with Crippen molar-refractivity contribution in [3.63, 3.8) is 0 Å². The van der Waals surface area contributed by atoms with Crippen LogP contribution in [0.3, 0.4) is 0 Å². The molecular formula is C10H18O2. The molecule has 1 aliphatic rings. The fourth-order valence-corrected chi connectivity index (χ4v) is 1.64. The molecule has 0 radical (unpaired) electrons. The lowest BCUT2D eigenvalue weighted by atomic mass is 10.1. The predicted molar refractivity (Wildman–Crippen MR) is 48.1 cm³/mol. The van der Waals surface area contributed by atoms with Crippen molar-refractivity contribution in [1.82, 2.24) is 0 Å². The molecule has 0 aromatic heterocycles.